The van der Waals surface area contributed by atoms with Crippen LogP contribution in [0, 0.1) is 5.92 Å². The number of hydrogen-bond donors (Lipinski definition) is 0. The van der Waals surface area contributed by atoms with Gasteiger partial charge in [0.25, 0.3) is 0 Å². The van der Waals surface area contributed by atoms with Gasteiger partial charge in [0.1, 0.15) is 5.60 Å². The Hall–Kier alpha value is -0.790. The molecule has 1 aliphatic heterocycles. The molecule has 0 N–H and O–H groups in total. The number of carbonyl (C=O) groups excluding carboxylic acids is 1. The Bertz CT molecular complexity index is 295. The van der Waals surface area contributed by atoms with E-state index >= 15 is 0 Å². The van der Waals surface area contributed by atoms with E-state index in [0.29, 0.717) is 5.92 Å². The van der Waals surface area contributed by atoms with Crippen LogP contribution >= 0.6 is 0 Å². The summed E-state index contributed by atoms with van der Waals surface area (Å²) in [6.45, 7) is 6.12. The van der Waals surface area contributed by atoms with E-state index in [2.05, 4.69) is 13.5 Å². The highest BCUT2D eigenvalue weighted by atomic mass is 16.6. The molecule has 0 aromatic carbocycles. The van der Waals surface area contributed by atoms with Gasteiger partial charge >= 0.3 is 5.97 Å². The molecule has 1 aliphatic carbocycles. The second-order valence-electron chi connectivity index (χ2n) is 5.24. The van der Waals surface area contributed by atoms with Crippen LogP contribution in [0.15, 0.2) is 12.2 Å². The van der Waals surface area contributed by atoms with Crippen molar-refractivity contribution in [3.05, 3.63) is 12.2 Å². The van der Waals surface area contributed by atoms with Crippen LogP contribution < -0.4 is 0 Å². The lowest BCUT2D eigenvalue weighted by molar-refractivity contribution is -0.151. The molecule has 0 radical (unpaired) electrons. The van der Waals surface area contributed by atoms with Gasteiger partial charge in [0.2, 0.25) is 0 Å². The Morgan fingerprint density at radius 1 is 1.44 bits per heavy atom. The first-order valence-electron chi connectivity index (χ1n) is 6.62. The smallest absolute Gasteiger partial charge is 0.334 e. The molecule has 1 saturated carbocycles. The highest BCUT2D eigenvalue weighted by Gasteiger charge is 2.51. The lowest BCUT2D eigenvalue weighted by atomic mass is 9.71. The molecule has 1 heterocycles. The summed E-state index contributed by atoms with van der Waals surface area (Å²) in [7, 11) is 0. The molecule has 0 spiro atoms. The topological polar surface area (TPSA) is 26.3 Å². The summed E-state index contributed by atoms with van der Waals surface area (Å²) >= 11 is 0. The Labute approximate surface area is 98.1 Å². The predicted molar refractivity (Wildman–Crippen MR) is 64.1 cm³/mol. The molecular formula is C14H22O2. The Balaban J connectivity index is 2.08. The Kier molecular flexibility index (Phi) is 3.36. The van der Waals surface area contributed by atoms with Crippen LogP contribution in [0.1, 0.15) is 58.3 Å². The van der Waals surface area contributed by atoms with Crippen molar-refractivity contribution in [3.8, 4) is 0 Å². The monoisotopic (exact) mass is 222 g/mol. The minimum atomic E-state index is -0.165. The molecule has 1 saturated heterocycles. The SMILES string of the molecule is C=C1C(=O)O[C@]2(CCCCC)CCCC[C@H]12. The third-order valence-electron chi connectivity index (χ3n) is 4.16. The second kappa shape index (κ2) is 4.60. The van der Waals surface area contributed by atoms with Gasteiger partial charge in [0.05, 0.1) is 0 Å². The van der Waals surface area contributed by atoms with Crippen LogP contribution in [0.4, 0.5) is 0 Å². The van der Waals surface area contributed by atoms with Gasteiger partial charge in [-0.05, 0) is 32.1 Å². The normalized spacial score (nSPS) is 33.7. The fourth-order valence-electron chi connectivity index (χ4n) is 3.24. The fourth-order valence-corrected chi connectivity index (χ4v) is 3.24. The van der Waals surface area contributed by atoms with Crippen molar-refractivity contribution >= 4 is 5.97 Å². The second-order valence-corrected chi connectivity index (χ2v) is 5.24. The molecule has 2 heteroatoms. The summed E-state index contributed by atoms with van der Waals surface area (Å²) in [6, 6.07) is 0. The van der Waals surface area contributed by atoms with E-state index in [4.69, 9.17) is 4.74 Å². The molecule has 2 nitrogen and oxygen atoms in total. The van der Waals surface area contributed by atoms with Gasteiger partial charge in [-0.3, -0.25) is 0 Å². The summed E-state index contributed by atoms with van der Waals surface area (Å²) in [5.74, 6) is 0.175. The molecule has 0 bridgehead atoms. The van der Waals surface area contributed by atoms with Gasteiger partial charge < -0.3 is 4.74 Å². The first-order chi connectivity index (χ1) is 7.69. The maximum atomic E-state index is 11.7. The number of fused-ring (bicyclic) bond motifs is 1. The van der Waals surface area contributed by atoms with Crippen molar-refractivity contribution in [1.82, 2.24) is 0 Å². The minimum absolute atomic E-state index is 0.136. The molecule has 2 aliphatic rings. The summed E-state index contributed by atoms with van der Waals surface area (Å²) in [6.07, 6.45) is 9.22. The zero-order valence-corrected chi connectivity index (χ0v) is 10.3. The summed E-state index contributed by atoms with van der Waals surface area (Å²) in [5.41, 5.74) is 0.567. The third-order valence-corrected chi connectivity index (χ3v) is 4.16. The minimum Gasteiger partial charge on any atom is -0.455 e. The largest absolute Gasteiger partial charge is 0.455 e. The van der Waals surface area contributed by atoms with Crippen molar-refractivity contribution < 1.29 is 9.53 Å². The highest BCUT2D eigenvalue weighted by molar-refractivity contribution is 5.91. The van der Waals surface area contributed by atoms with Crippen molar-refractivity contribution in [2.24, 2.45) is 5.92 Å². The molecule has 90 valence electrons. The van der Waals surface area contributed by atoms with Gasteiger partial charge in [-0.15, -0.1) is 0 Å². The summed E-state index contributed by atoms with van der Waals surface area (Å²) < 4.78 is 5.67. The van der Waals surface area contributed by atoms with Gasteiger partial charge in [-0.2, -0.15) is 0 Å². The Morgan fingerprint density at radius 3 is 3.00 bits per heavy atom. The molecule has 0 amide bonds. The molecule has 16 heavy (non-hydrogen) atoms. The zero-order valence-electron chi connectivity index (χ0n) is 10.3. The van der Waals surface area contributed by atoms with Crippen molar-refractivity contribution in [3.63, 3.8) is 0 Å². The van der Waals surface area contributed by atoms with Gasteiger partial charge in [0, 0.05) is 11.5 Å². The predicted octanol–water partition coefficient (Wildman–Crippen LogP) is 3.61. The number of unbranched alkanes of at least 4 members (excludes halogenated alkanes) is 2. The van der Waals surface area contributed by atoms with Crippen molar-refractivity contribution in [2.45, 2.75) is 63.9 Å². The maximum absolute atomic E-state index is 11.7. The average Bonchev–Trinajstić information content (AvgIpc) is 2.53. The standard InChI is InChI=1S/C14H22O2/c1-3-4-6-9-14-10-7-5-8-12(14)11(2)13(15)16-14/h12H,2-10H2,1H3/t12-,14-/m1/s1. The number of hydrogen-bond acceptors (Lipinski definition) is 2. The lowest BCUT2D eigenvalue weighted by Gasteiger charge is -2.37. The molecular weight excluding hydrogens is 200 g/mol. The van der Waals surface area contributed by atoms with Crippen LogP contribution in [0.2, 0.25) is 0 Å². The van der Waals surface area contributed by atoms with E-state index < -0.39 is 0 Å². The number of esters is 1. The molecule has 2 rings (SSSR count). The van der Waals surface area contributed by atoms with Crippen LogP contribution in [-0.4, -0.2) is 11.6 Å². The third kappa shape index (κ3) is 1.90. The average molecular weight is 222 g/mol. The molecule has 2 atom stereocenters. The van der Waals surface area contributed by atoms with E-state index in [0.717, 1.165) is 24.8 Å². The van der Waals surface area contributed by atoms with Crippen LogP contribution in [0.3, 0.4) is 0 Å². The summed E-state index contributed by atoms with van der Waals surface area (Å²) in [5, 5.41) is 0. The first kappa shape index (κ1) is 11.7. The first-order valence-corrected chi connectivity index (χ1v) is 6.62. The number of rotatable bonds is 4. The maximum Gasteiger partial charge on any atom is 0.334 e. The fraction of sp³-hybridized carbons (Fsp3) is 0.786. The van der Waals surface area contributed by atoms with Gasteiger partial charge in [0.15, 0.2) is 0 Å². The molecule has 0 aromatic rings. The van der Waals surface area contributed by atoms with Crippen LogP contribution in [-0.2, 0) is 9.53 Å². The van der Waals surface area contributed by atoms with Crippen LogP contribution in [0.5, 0.6) is 0 Å². The molecule has 0 aromatic heterocycles. The Morgan fingerprint density at radius 2 is 2.25 bits per heavy atom. The lowest BCUT2D eigenvalue weighted by Crippen LogP contribution is -2.38. The zero-order chi connectivity index (χ0) is 11.6. The van der Waals surface area contributed by atoms with E-state index in [9.17, 15) is 4.79 Å². The van der Waals surface area contributed by atoms with Gasteiger partial charge in [-0.25, -0.2) is 4.79 Å². The van der Waals surface area contributed by atoms with Crippen molar-refractivity contribution in [2.75, 3.05) is 0 Å². The van der Waals surface area contributed by atoms with Gasteiger partial charge in [-0.1, -0.05) is 32.8 Å². The van der Waals surface area contributed by atoms with E-state index in [1.807, 2.05) is 0 Å². The number of carbonyl (C=O) groups is 1. The van der Waals surface area contributed by atoms with Crippen molar-refractivity contribution in [1.29, 1.82) is 0 Å². The van der Waals surface area contributed by atoms with Crippen LogP contribution in [0.25, 0.3) is 0 Å². The quantitative estimate of drug-likeness (QED) is 0.412. The van der Waals surface area contributed by atoms with E-state index in [1.54, 1.807) is 0 Å². The highest BCUT2D eigenvalue weighted by Crippen LogP contribution is 2.48. The van der Waals surface area contributed by atoms with E-state index in [1.165, 1.54) is 32.1 Å². The number of ether oxygens (including phenoxy) is 1. The molecule has 0 unspecified atom stereocenters. The molecule has 2 fully saturated rings. The van der Waals surface area contributed by atoms with E-state index in [-0.39, 0.29) is 11.6 Å². The summed E-state index contributed by atoms with van der Waals surface area (Å²) in [4.78, 5) is 11.7.